The van der Waals surface area contributed by atoms with Crippen LogP contribution < -0.4 is 10.1 Å². The summed E-state index contributed by atoms with van der Waals surface area (Å²) in [6.07, 6.45) is -0.170. The molecule has 1 aliphatic heterocycles. The van der Waals surface area contributed by atoms with Crippen molar-refractivity contribution in [3.63, 3.8) is 0 Å². The van der Waals surface area contributed by atoms with Crippen molar-refractivity contribution in [2.75, 3.05) is 24.7 Å². The third-order valence-electron chi connectivity index (χ3n) is 4.27. The summed E-state index contributed by atoms with van der Waals surface area (Å²) in [7, 11) is -2.18. The monoisotopic (exact) mass is 422 g/mol. The molecule has 0 spiro atoms. The number of hydrogen-bond acceptors (Lipinski definition) is 5. The van der Waals surface area contributed by atoms with E-state index in [0.29, 0.717) is 12.2 Å². The van der Waals surface area contributed by atoms with Gasteiger partial charge < -0.3 is 15.0 Å². The van der Waals surface area contributed by atoms with Crippen LogP contribution in [0.1, 0.15) is 12.0 Å². The van der Waals surface area contributed by atoms with Gasteiger partial charge >= 0.3 is 0 Å². The van der Waals surface area contributed by atoms with E-state index in [2.05, 4.69) is 5.32 Å². The van der Waals surface area contributed by atoms with Crippen molar-refractivity contribution in [2.45, 2.75) is 17.9 Å². The van der Waals surface area contributed by atoms with Gasteiger partial charge in [0.1, 0.15) is 5.75 Å². The van der Waals surface area contributed by atoms with Gasteiger partial charge in [-0.1, -0.05) is 41.9 Å². The Morgan fingerprint density at radius 2 is 1.96 bits per heavy atom. The fourth-order valence-electron chi connectivity index (χ4n) is 2.79. The van der Waals surface area contributed by atoms with E-state index >= 15 is 0 Å². The third kappa shape index (κ3) is 4.63. The highest BCUT2D eigenvalue weighted by Gasteiger charge is 2.25. The van der Waals surface area contributed by atoms with Crippen LogP contribution in [0.5, 0.6) is 5.75 Å². The Kier molecular flexibility index (Phi) is 5.90. The highest BCUT2D eigenvalue weighted by atomic mass is 35.5. The molecule has 1 N–H and O–H groups in total. The zero-order valence-corrected chi connectivity index (χ0v) is 16.7. The molecule has 1 heterocycles. The van der Waals surface area contributed by atoms with Crippen LogP contribution in [0.4, 0.5) is 5.69 Å². The number of rotatable bonds is 6. The molecule has 7 nitrogen and oxygen atoms in total. The molecule has 2 amide bonds. The first-order chi connectivity index (χ1) is 13.3. The molecule has 1 aliphatic rings. The first-order valence-corrected chi connectivity index (χ1v) is 10.6. The summed E-state index contributed by atoms with van der Waals surface area (Å²) < 4.78 is 30.6. The maximum Gasteiger partial charge on any atom is 0.262 e. The second kappa shape index (κ2) is 8.20. The summed E-state index contributed by atoms with van der Waals surface area (Å²) in [6.45, 7) is 0.198. The van der Waals surface area contributed by atoms with E-state index in [4.69, 9.17) is 16.3 Å². The van der Waals surface area contributed by atoms with Gasteiger partial charge in [0, 0.05) is 26.1 Å². The normalized spacial score (nSPS) is 13.3. The van der Waals surface area contributed by atoms with Crippen molar-refractivity contribution in [3.8, 4) is 5.75 Å². The zero-order chi connectivity index (χ0) is 20.3. The number of anilines is 1. The Bertz CT molecular complexity index is 1010. The fourth-order valence-corrected chi connectivity index (χ4v) is 4.61. The van der Waals surface area contributed by atoms with Crippen LogP contribution in [0.3, 0.4) is 0 Å². The van der Waals surface area contributed by atoms with Crippen LogP contribution in [0.25, 0.3) is 0 Å². The maximum atomic E-state index is 12.7. The Hall–Kier alpha value is -2.58. The Morgan fingerprint density at radius 3 is 2.68 bits per heavy atom. The quantitative estimate of drug-likeness (QED) is 0.772. The van der Waals surface area contributed by atoms with Gasteiger partial charge in [0.15, 0.2) is 16.4 Å². The van der Waals surface area contributed by atoms with Crippen molar-refractivity contribution in [1.82, 2.24) is 4.90 Å². The number of halogens is 1. The van der Waals surface area contributed by atoms with Gasteiger partial charge in [-0.15, -0.1) is 0 Å². The number of nitrogens with zero attached hydrogens (tertiary/aromatic N) is 1. The lowest BCUT2D eigenvalue weighted by atomic mass is 10.2. The number of nitrogens with one attached hydrogen (secondary N) is 1. The van der Waals surface area contributed by atoms with Gasteiger partial charge in [-0.3, -0.25) is 9.59 Å². The van der Waals surface area contributed by atoms with E-state index in [0.717, 1.165) is 5.56 Å². The molecule has 2 aromatic carbocycles. The summed E-state index contributed by atoms with van der Waals surface area (Å²) in [5.41, 5.74) is 1.28. The van der Waals surface area contributed by atoms with Crippen molar-refractivity contribution in [2.24, 2.45) is 0 Å². The lowest BCUT2D eigenvalue weighted by Gasteiger charge is -2.20. The first-order valence-electron chi connectivity index (χ1n) is 8.53. The highest BCUT2D eigenvalue weighted by molar-refractivity contribution is 7.91. The summed E-state index contributed by atoms with van der Waals surface area (Å²) in [5.74, 6) is -0.776. The number of carbonyl (C=O) groups excluding carboxylic acids is 2. The molecule has 28 heavy (non-hydrogen) atoms. The number of fused-ring (bicyclic) bond motifs is 1. The molecule has 0 radical (unpaired) electrons. The minimum absolute atomic E-state index is 0.0327. The lowest BCUT2D eigenvalue weighted by Crippen LogP contribution is -2.28. The number of sulfone groups is 1. The second-order valence-corrected chi connectivity index (χ2v) is 8.90. The zero-order valence-electron chi connectivity index (χ0n) is 15.1. The van der Waals surface area contributed by atoms with Crippen molar-refractivity contribution >= 4 is 38.9 Å². The van der Waals surface area contributed by atoms with Gasteiger partial charge in [0.2, 0.25) is 5.91 Å². The van der Waals surface area contributed by atoms with Gasteiger partial charge in [-0.2, -0.15) is 0 Å². The maximum absolute atomic E-state index is 12.7. The van der Waals surface area contributed by atoms with Crippen molar-refractivity contribution in [1.29, 1.82) is 0 Å². The largest absolute Gasteiger partial charge is 0.482 e. The standard InChI is InChI=1S/C19H19ClN2O5S/c1-22(11-13-5-3-2-4-6-13)19(24)7-8-28(25,26)17-10-16-15(9-14(17)20)21-18(23)12-27-16/h2-6,9-10H,7-8,11-12H2,1H3,(H,21,23). The highest BCUT2D eigenvalue weighted by Crippen LogP contribution is 2.36. The number of carbonyl (C=O) groups is 2. The number of benzene rings is 2. The summed E-state index contributed by atoms with van der Waals surface area (Å²) >= 11 is 6.10. The molecule has 148 valence electrons. The number of amides is 2. The second-order valence-electron chi connectivity index (χ2n) is 6.42. The molecule has 0 atom stereocenters. The molecule has 0 bridgehead atoms. The lowest BCUT2D eigenvalue weighted by molar-refractivity contribution is -0.130. The van der Waals surface area contributed by atoms with Crippen LogP contribution in [0.2, 0.25) is 5.02 Å². The van der Waals surface area contributed by atoms with Gasteiger partial charge in [0.25, 0.3) is 5.91 Å². The molecular weight excluding hydrogens is 404 g/mol. The fraction of sp³-hybridized carbons (Fsp3) is 0.263. The minimum atomic E-state index is -3.81. The van der Waals surface area contributed by atoms with Crippen molar-refractivity contribution in [3.05, 3.63) is 53.1 Å². The SMILES string of the molecule is CN(Cc1ccccc1)C(=O)CCS(=O)(=O)c1cc2c(cc1Cl)NC(=O)CO2. The molecule has 0 unspecified atom stereocenters. The molecule has 0 aromatic heterocycles. The van der Waals surface area contributed by atoms with E-state index in [1.54, 1.807) is 7.05 Å². The van der Waals surface area contributed by atoms with E-state index in [1.165, 1.54) is 17.0 Å². The Morgan fingerprint density at radius 1 is 1.25 bits per heavy atom. The van der Waals surface area contributed by atoms with Crippen molar-refractivity contribution < 1.29 is 22.7 Å². The smallest absolute Gasteiger partial charge is 0.262 e. The average molecular weight is 423 g/mol. The van der Waals surface area contributed by atoms with E-state index in [1.807, 2.05) is 30.3 Å². The van der Waals surface area contributed by atoms with Crippen LogP contribution in [-0.4, -0.2) is 44.5 Å². The van der Waals surface area contributed by atoms with Gasteiger partial charge in [-0.05, 0) is 11.6 Å². The molecular formula is C19H19ClN2O5S. The van der Waals surface area contributed by atoms with E-state index in [9.17, 15) is 18.0 Å². The summed E-state index contributed by atoms with van der Waals surface area (Å²) in [5, 5.41) is 2.53. The summed E-state index contributed by atoms with van der Waals surface area (Å²) in [4.78, 5) is 25.0. The Labute approximate surface area is 168 Å². The number of ether oxygens (including phenoxy) is 1. The van der Waals surface area contributed by atoms with E-state index in [-0.39, 0.29) is 46.3 Å². The topological polar surface area (TPSA) is 92.8 Å². The molecule has 2 aromatic rings. The first kappa shape index (κ1) is 20.2. The van der Waals surface area contributed by atoms with Crippen LogP contribution in [0, 0.1) is 0 Å². The predicted octanol–water partition coefficient (Wildman–Crippen LogP) is 2.49. The average Bonchev–Trinajstić information content (AvgIpc) is 2.66. The molecule has 0 aliphatic carbocycles. The van der Waals surface area contributed by atoms with Gasteiger partial charge in [-0.25, -0.2) is 8.42 Å². The molecule has 3 rings (SSSR count). The van der Waals surface area contributed by atoms with Gasteiger partial charge in [0.05, 0.1) is 21.4 Å². The predicted molar refractivity (Wildman–Crippen MR) is 105 cm³/mol. The minimum Gasteiger partial charge on any atom is -0.482 e. The number of hydrogen-bond donors (Lipinski definition) is 1. The summed E-state index contributed by atoms with van der Waals surface area (Å²) in [6, 6.07) is 12.0. The van der Waals surface area contributed by atoms with E-state index < -0.39 is 9.84 Å². The van der Waals surface area contributed by atoms with Crippen LogP contribution in [0.15, 0.2) is 47.4 Å². The Balaban J connectivity index is 1.68. The molecule has 0 saturated heterocycles. The molecule has 0 fully saturated rings. The molecule has 0 saturated carbocycles. The third-order valence-corrected chi connectivity index (χ3v) is 6.45. The van der Waals surface area contributed by atoms with Crippen LogP contribution in [-0.2, 0) is 26.0 Å². The molecule has 9 heteroatoms. The van der Waals surface area contributed by atoms with Crippen LogP contribution >= 0.6 is 11.6 Å².